The smallest absolute Gasteiger partial charge is 0.251 e. The van der Waals surface area contributed by atoms with Gasteiger partial charge < -0.3 is 35.8 Å². The van der Waals surface area contributed by atoms with E-state index in [1.807, 2.05) is 86.5 Å². The molecule has 0 aliphatic carbocycles. The fraction of sp³-hybridized carbons (Fsp3) is 0.444. The predicted octanol–water partition coefficient (Wildman–Crippen LogP) is 1.34. The summed E-state index contributed by atoms with van der Waals surface area (Å²) in [4.78, 5) is 36.3. The van der Waals surface area contributed by atoms with Gasteiger partial charge in [-0.25, -0.2) is 13.1 Å². The number of carbonyl (C=O) groups excluding carboxylic acids is 2. The predicted molar refractivity (Wildman–Crippen MR) is 195 cm³/mol. The molecule has 1 fully saturated rings. The summed E-state index contributed by atoms with van der Waals surface area (Å²) in [7, 11) is 5.26. The van der Waals surface area contributed by atoms with Crippen LogP contribution in [-0.2, 0) is 26.2 Å². The van der Waals surface area contributed by atoms with E-state index in [0.717, 1.165) is 11.9 Å². The van der Waals surface area contributed by atoms with Gasteiger partial charge in [-0.05, 0) is 50.3 Å². The zero-order valence-electron chi connectivity index (χ0n) is 30.1. The number of aliphatic hydroxyl groups excluding tert-OH is 2. The number of methoxy groups -OCH3 is 1. The highest BCUT2D eigenvalue weighted by Crippen LogP contribution is 2.38. The summed E-state index contributed by atoms with van der Waals surface area (Å²) in [6, 6.07) is 17.6. The number of nitrogens with two attached hydrogens (primary N) is 1. The van der Waals surface area contributed by atoms with E-state index in [9.17, 15) is 28.2 Å². The molecule has 1 aliphatic rings. The second-order valence-corrected chi connectivity index (χ2v) is 15.1. The number of carbonyl (C=O) groups is 2. The van der Waals surface area contributed by atoms with E-state index in [0.29, 0.717) is 40.1 Å². The number of amides is 2. The summed E-state index contributed by atoms with van der Waals surface area (Å²) >= 11 is 0. The van der Waals surface area contributed by atoms with Gasteiger partial charge in [-0.2, -0.15) is 5.06 Å². The first-order valence-corrected chi connectivity index (χ1v) is 18.4. The molecule has 0 aromatic heterocycles. The average molecular weight is 727 g/mol. The number of rotatable bonds is 16. The number of hydrogen-bond acceptors (Lipinski definition) is 11. The maximum atomic E-state index is 14.1. The van der Waals surface area contributed by atoms with Gasteiger partial charge in [0.15, 0.2) is 0 Å². The van der Waals surface area contributed by atoms with Gasteiger partial charge in [0.2, 0.25) is 15.9 Å². The van der Waals surface area contributed by atoms with Crippen LogP contribution < -0.4 is 25.4 Å². The highest BCUT2D eigenvalue weighted by atomic mass is 32.2. The standard InChI is InChI=1S/C36H50N6O8S/c1-22(44)31-30(21-43)50-42(33(31)35(37)45)19-24-14-11-15-28(34(24)49-6)25-16-26(18-27(17-25)41(4)5)36(46)38-29(20-40(2)3)32(39-51(7,47)48)23-12-9-8-10-13-23/h8-18,22,29-33,39,43-44H,19-21H2,1-7H3,(H2,37,45)(H,38,46)/t22-,29?,30-,31+,32-,33-/m0/s1. The molecule has 15 heteroatoms. The zero-order valence-corrected chi connectivity index (χ0v) is 30.9. The highest BCUT2D eigenvalue weighted by Gasteiger charge is 2.48. The lowest BCUT2D eigenvalue weighted by atomic mass is 9.89. The van der Waals surface area contributed by atoms with E-state index in [1.165, 1.54) is 19.1 Å². The molecule has 0 saturated carbocycles. The minimum atomic E-state index is -3.66. The Balaban J connectivity index is 1.74. The van der Waals surface area contributed by atoms with Gasteiger partial charge in [0, 0.05) is 48.9 Å². The summed E-state index contributed by atoms with van der Waals surface area (Å²) in [6.07, 6.45) is -0.717. The van der Waals surface area contributed by atoms with Crippen molar-refractivity contribution in [2.24, 2.45) is 11.7 Å². The number of hydrogen-bond donors (Lipinski definition) is 5. The number of sulfonamides is 1. The summed E-state index contributed by atoms with van der Waals surface area (Å²) < 4.78 is 33.6. The normalized spacial score (nSPS) is 19.8. The van der Waals surface area contributed by atoms with Crippen molar-refractivity contribution in [2.75, 3.05) is 59.6 Å². The molecule has 4 rings (SSSR count). The summed E-state index contributed by atoms with van der Waals surface area (Å²) in [5.41, 5.74) is 9.45. The molecule has 3 aromatic carbocycles. The maximum Gasteiger partial charge on any atom is 0.251 e. The van der Waals surface area contributed by atoms with Crippen LogP contribution in [-0.4, -0.2) is 119 Å². The molecule has 2 amide bonds. The number of benzene rings is 3. The van der Waals surface area contributed by atoms with Crippen molar-refractivity contribution >= 4 is 27.5 Å². The first-order valence-electron chi connectivity index (χ1n) is 16.5. The SMILES string of the molecule is COc1c(CN2O[C@@H](CO)[C@@H]([C@H](C)O)[C@H]2C(N)=O)cccc1-c1cc(C(=O)NC(CN(C)C)[C@@H](NS(C)(=O)=O)c2ccccc2)cc(N(C)C)c1. The first-order chi connectivity index (χ1) is 24.0. The molecule has 3 aromatic rings. The van der Waals surface area contributed by atoms with Gasteiger partial charge in [-0.3, -0.25) is 14.4 Å². The Labute approximate surface area is 300 Å². The third kappa shape index (κ3) is 9.83. The van der Waals surface area contributed by atoms with Gasteiger partial charge in [-0.1, -0.05) is 48.5 Å². The van der Waals surface area contributed by atoms with E-state index in [4.69, 9.17) is 15.3 Å². The second kappa shape index (κ2) is 17.0. The van der Waals surface area contributed by atoms with Crippen LogP contribution in [0, 0.1) is 5.92 Å². The minimum absolute atomic E-state index is 0.0471. The molecule has 1 aliphatic heterocycles. The molecule has 1 unspecified atom stereocenters. The number of para-hydroxylation sites is 1. The van der Waals surface area contributed by atoms with E-state index in [1.54, 1.807) is 18.2 Å². The molecule has 1 heterocycles. The van der Waals surface area contributed by atoms with Crippen LogP contribution >= 0.6 is 0 Å². The molecule has 0 spiro atoms. The molecular weight excluding hydrogens is 676 g/mol. The number of nitrogens with zero attached hydrogens (tertiary/aromatic N) is 3. The Bertz CT molecular complexity index is 1770. The Morgan fingerprint density at radius 2 is 1.75 bits per heavy atom. The maximum absolute atomic E-state index is 14.1. The van der Waals surface area contributed by atoms with Gasteiger partial charge in [0.1, 0.15) is 17.9 Å². The number of hydroxylamine groups is 2. The summed E-state index contributed by atoms with van der Waals surface area (Å²) in [5.74, 6) is -1.40. The fourth-order valence-corrected chi connectivity index (χ4v) is 7.32. The molecule has 1 saturated heterocycles. The summed E-state index contributed by atoms with van der Waals surface area (Å²) in [5, 5.41) is 24.8. The topological polar surface area (TPSA) is 187 Å². The van der Waals surface area contributed by atoms with Gasteiger partial charge in [-0.15, -0.1) is 0 Å². The number of ether oxygens (including phenoxy) is 1. The summed E-state index contributed by atoms with van der Waals surface area (Å²) in [6.45, 7) is 1.49. The molecule has 0 radical (unpaired) electrons. The largest absolute Gasteiger partial charge is 0.496 e. The van der Waals surface area contributed by atoms with Crippen molar-refractivity contribution in [2.45, 2.75) is 43.8 Å². The van der Waals surface area contributed by atoms with Crippen molar-refractivity contribution in [3.8, 4) is 16.9 Å². The van der Waals surface area contributed by atoms with Crippen molar-refractivity contribution < 1.29 is 37.8 Å². The Hall–Kier alpha value is -4.09. The second-order valence-electron chi connectivity index (χ2n) is 13.3. The van der Waals surface area contributed by atoms with Crippen LogP contribution in [0.1, 0.15) is 34.5 Å². The lowest BCUT2D eigenvalue weighted by Crippen LogP contribution is -2.50. The van der Waals surface area contributed by atoms with Crippen molar-refractivity contribution in [3.05, 3.63) is 83.4 Å². The highest BCUT2D eigenvalue weighted by molar-refractivity contribution is 7.88. The number of primary amides is 1. The van der Waals surface area contributed by atoms with Crippen molar-refractivity contribution in [1.29, 1.82) is 0 Å². The molecule has 51 heavy (non-hydrogen) atoms. The van der Waals surface area contributed by atoms with Gasteiger partial charge in [0.05, 0.1) is 44.7 Å². The van der Waals surface area contributed by atoms with Crippen LogP contribution in [0.5, 0.6) is 5.75 Å². The van der Waals surface area contributed by atoms with Crippen LogP contribution in [0.2, 0.25) is 0 Å². The molecular formula is C36H50N6O8S. The van der Waals surface area contributed by atoms with Crippen molar-refractivity contribution in [1.82, 2.24) is 20.0 Å². The molecule has 6 atom stereocenters. The Morgan fingerprint density at radius 1 is 1.06 bits per heavy atom. The Kier molecular flexibility index (Phi) is 13.2. The third-order valence-electron chi connectivity index (χ3n) is 8.82. The number of nitrogens with one attached hydrogen (secondary N) is 2. The van der Waals surface area contributed by atoms with Gasteiger partial charge in [0.25, 0.3) is 5.91 Å². The molecule has 14 nitrogen and oxygen atoms in total. The van der Waals surface area contributed by atoms with Crippen LogP contribution in [0.3, 0.4) is 0 Å². The quantitative estimate of drug-likeness (QED) is 0.143. The monoisotopic (exact) mass is 726 g/mol. The molecule has 0 bridgehead atoms. The van der Waals surface area contributed by atoms with Gasteiger partial charge >= 0.3 is 0 Å². The van der Waals surface area contributed by atoms with E-state index >= 15 is 0 Å². The molecule has 278 valence electrons. The minimum Gasteiger partial charge on any atom is -0.496 e. The lowest BCUT2D eigenvalue weighted by Gasteiger charge is -2.31. The lowest BCUT2D eigenvalue weighted by molar-refractivity contribution is -0.181. The van der Waals surface area contributed by atoms with E-state index < -0.39 is 64.7 Å². The third-order valence-corrected chi connectivity index (χ3v) is 9.50. The fourth-order valence-electron chi connectivity index (χ4n) is 6.56. The molecule has 6 N–H and O–H groups in total. The average Bonchev–Trinajstić information content (AvgIpc) is 3.45. The number of anilines is 1. The Morgan fingerprint density at radius 3 is 2.29 bits per heavy atom. The number of likely N-dealkylation sites (N-methyl/N-ethyl adjacent to an activating group) is 1. The van der Waals surface area contributed by atoms with E-state index in [-0.39, 0.29) is 6.54 Å². The van der Waals surface area contributed by atoms with Crippen LogP contribution in [0.25, 0.3) is 11.1 Å². The van der Waals surface area contributed by atoms with E-state index in [2.05, 4.69) is 10.0 Å². The van der Waals surface area contributed by atoms with Crippen LogP contribution in [0.15, 0.2) is 66.7 Å². The zero-order chi connectivity index (χ0) is 37.6. The van der Waals surface area contributed by atoms with Crippen molar-refractivity contribution in [3.63, 3.8) is 0 Å². The first kappa shape index (κ1) is 39.7. The van der Waals surface area contributed by atoms with Crippen LogP contribution in [0.4, 0.5) is 5.69 Å². The number of aliphatic hydroxyl groups is 2.